The number of nitrogens with zero attached hydrogens (tertiary/aromatic N) is 1. The molecule has 0 heterocycles. The average molecular weight is 309 g/mol. The SMILES string of the molecule is CCC(C)(C)N(C)S(=O)(=O)c1ccccc1C#CCCO. The summed E-state index contributed by atoms with van der Waals surface area (Å²) >= 11 is 0. The van der Waals surface area contributed by atoms with Gasteiger partial charge >= 0.3 is 0 Å². The molecule has 0 aromatic heterocycles. The minimum absolute atomic E-state index is 0.0370. The fraction of sp³-hybridized carbons (Fsp3) is 0.500. The summed E-state index contributed by atoms with van der Waals surface area (Å²) < 4.78 is 27.0. The number of hydrogen-bond donors (Lipinski definition) is 1. The molecule has 0 radical (unpaired) electrons. The van der Waals surface area contributed by atoms with Crippen LogP contribution in [-0.4, -0.2) is 37.0 Å². The topological polar surface area (TPSA) is 57.6 Å². The molecule has 1 aromatic carbocycles. The minimum Gasteiger partial charge on any atom is -0.395 e. The largest absolute Gasteiger partial charge is 0.395 e. The lowest BCUT2D eigenvalue weighted by atomic mass is 10.0. The van der Waals surface area contributed by atoms with Crippen molar-refractivity contribution in [3.05, 3.63) is 29.8 Å². The molecule has 0 saturated heterocycles. The number of rotatable bonds is 5. The van der Waals surface area contributed by atoms with Crippen LogP contribution in [0.4, 0.5) is 0 Å². The summed E-state index contributed by atoms with van der Waals surface area (Å²) in [5.41, 5.74) is -0.00510. The van der Waals surface area contributed by atoms with E-state index in [9.17, 15) is 8.42 Å². The molecule has 0 amide bonds. The summed E-state index contributed by atoms with van der Waals surface area (Å²) in [4.78, 5) is 0.208. The van der Waals surface area contributed by atoms with Crippen LogP contribution in [0.2, 0.25) is 0 Å². The monoisotopic (exact) mass is 309 g/mol. The van der Waals surface area contributed by atoms with Gasteiger partial charge in [-0.1, -0.05) is 30.9 Å². The van der Waals surface area contributed by atoms with Gasteiger partial charge in [-0.05, 0) is 32.4 Å². The lowest BCUT2D eigenvalue weighted by Crippen LogP contribution is -2.44. The maximum absolute atomic E-state index is 12.8. The highest BCUT2D eigenvalue weighted by Gasteiger charge is 2.33. The molecule has 0 saturated carbocycles. The first-order valence-electron chi connectivity index (χ1n) is 6.95. The quantitative estimate of drug-likeness (QED) is 0.849. The Labute approximate surface area is 127 Å². The van der Waals surface area contributed by atoms with Crippen LogP contribution in [0, 0.1) is 11.8 Å². The summed E-state index contributed by atoms with van der Waals surface area (Å²) in [5, 5.41) is 8.77. The maximum Gasteiger partial charge on any atom is 0.244 e. The van der Waals surface area contributed by atoms with Gasteiger partial charge in [0.25, 0.3) is 0 Å². The normalized spacial score (nSPS) is 12.1. The van der Waals surface area contributed by atoms with E-state index >= 15 is 0 Å². The van der Waals surface area contributed by atoms with Crippen LogP contribution in [-0.2, 0) is 10.0 Å². The van der Waals surface area contributed by atoms with Gasteiger partial charge in [0, 0.05) is 24.6 Å². The van der Waals surface area contributed by atoms with Crippen molar-refractivity contribution in [2.75, 3.05) is 13.7 Å². The summed E-state index contributed by atoms with van der Waals surface area (Å²) in [6.45, 7) is 5.71. The first-order valence-corrected chi connectivity index (χ1v) is 8.39. The Morgan fingerprint density at radius 3 is 2.48 bits per heavy atom. The molecule has 1 N–H and O–H groups in total. The smallest absolute Gasteiger partial charge is 0.244 e. The summed E-state index contributed by atoms with van der Waals surface area (Å²) in [6.07, 6.45) is 1.03. The molecule has 0 spiro atoms. The van der Waals surface area contributed by atoms with Gasteiger partial charge in [0.05, 0.1) is 11.5 Å². The zero-order chi connectivity index (χ0) is 16.1. The number of aliphatic hydroxyl groups is 1. The van der Waals surface area contributed by atoms with E-state index in [-0.39, 0.29) is 11.5 Å². The predicted octanol–water partition coefficient (Wildman–Crippen LogP) is 2.23. The molecule has 0 atom stereocenters. The van der Waals surface area contributed by atoms with Crippen molar-refractivity contribution >= 4 is 10.0 Å². The zero-order valence-corrected chi connectivity index (χ0v) is 13.9. The van der Waals surface area contributed by atoms with Gasteiger partial charge in [-0.25, -0.2) is 8.42 Å². The van der Waals surface area contributed by atoms with E-state index in [0.717, 1.165) is 0 Å². The summed E-state index contributed by atoms with van der Waals surface area (Å²) in [6, 6.07) is 6.70. The second kappa shape index (κ2) is 7.08. The van der Waals surface area contributed by atoms with Crippen LogP contribution in [0.15, 0.2) is 29.2 Å². The zero-order valence-electron chi connectivity index (χ0n) is 13.0. The van der Waals surface area contributed by atoms with Gasteiger partial charge in [-0.15, -0.1) is 0 Å². The molecule has 1 rings (SSSR count). The Morgan fingerprint density at radius 2 is 1.90 bits per heavy atom. The van der Waals surface area contributed by atoms with Gasteiger partial charge in [0.2, 0.25) is 10.0 Å². The van der Waals surface area contributed by atoms with E-state index in [1.165, 1.54) is 4.31 Å². The molecular formula is C16H23NO3S. The van der Waals surface area contributed by atoms with E-state index in [2.05, 4.69) is 11.8 Å². The number of hydrogen-bond acceptors (Lipinski definition) is 3. The van der Waals surface area contributed by atoms with Crippen molar-refractivity contribution in [1.29, 1.82) is 0 Å². The Bertz CT molecular complexity index is 639. The third-order valence-corrected chi connectivity index (χ3v) is 5.83. The maximum atomic E-state index is 12.8. The highest BCUT2D eigenvalue weighted by Crippen LogP contribution is 2.26. The molecule has 21 heavy (non-hydrogen) atoms. The lowest BCUT2D eigenvalue weighted by Gasteiger charge is -2.33. The molecule has 0 aliphatic rings. The van der Waals surface area contributed by atoms with E-state index in [0.29, 0.717) is 18.4 Å². The Hall–Kier alpha value is -1.35. The Morgan fingerprint density at radius 1 is 1.29 bits per heavy atom. The first kappa shape index (κ1) is 17.7. The van der Waals surface area contributed by atoms with Crippen molar-refractivity contribution in [3.8, 4) is 11.8 Å². The van der Waals surface area contributed by atoms with Gasteiger partial charge in [-0.2, -0.15) is 4.31 Å². The number of aliphatic hydroxyl groups excluding tert-OH is 1. The number of benzene rings is 1. The Kier molecular flexibility index (Phi) is 5.97. The van der Waals surface area contributed by atoms with Crippen LogP contribution in [0.1, 0.15) is 39.2 Å². The molecule has 0 bridgehead atoms. The minimum atomic E-state index is -3.61. The summed E-state index contributed by atoms with van der Waals surface area (Å²) in [7, 11) is -2.01. The van der Waals surface area contributed by atoms with Gasteiger partial charge < -0.3 is 5.11 Å². The predicted molar refractivity (Wildman–Crippen MR) is 84.3 cm³/mol. The highest BCUT2D eigenvalue weighted by atomic mass is 32.2. The molecule has 0 aliphatic heterocycles. The first-order chi connectivity index (χ1) is 9.77. The average Bonchev–Trinajstić information content (AvgIpc) is 2.47. The van der Waals surface area contributed by atoms with E-state index in [1.54, 1.807) is 31.3 Å². The van der Waals surface area contributed by atoms with Crippen LogP contribution in [0.25, 0.3) is 0 Å². The molecular weight excluding hydrogens is 286 g/mol. The van der Waals surface area contributed by atoms with Crippen molar-refractivity contribution in [3.63, 3.8) is 0 Å². The van der Waals surface area contributed by atoms with Gasteiger partial charge in [0.1, 0.15) is 0 Å². The number of sulfonamides is 1. The fourth-order valence-electron chi connectivity index (χ4n) is 1.70. The lowest BCUT2D eigenvalue weighted by molar-refractivity contribution is 0.257. The molecule has 0 fully saturated rings. The Balaban J connectivity index is 3.31. The van der Waals surface area contributed by atoms with Crippen LogP contribution in [0.3, 0.4) is 0 Å². The molecule has 1 aromatic rings. The van der Waals surface area contributed by atoms with Crippen LogP contribution in [0.5, 0.6) is 0 Å². The highest BCUT2D eigenvalue weighted by molar-refractivity contribution is 7.89. The molecule has 116 valence electrons. The summed E-state index contributed by atoms with van der Waals surface area (Å²) in [5.74, 6) is 5.60. The second-order valence-corrected chi connectivity index (χ2v) is 7.35. The van der Waals surface area contributed by atoms with Crippen molar-refractivity contribution in [1.82, 2.24) is 4.31 Å². The van der Waals surface area contributed by atoms with Crippen LogP contribution < -0.4 is 0 Å². The van der Waals surface area contributed by atoms with E-state index in [4.69, 9.17) is 5.11 Å². The standard InChI is InChI=1S/C16H23NO3S/c1-5-16(2,3)17(4)21(19,20)15-12-7-6-10-14(15)11-8-9-13-18/h6-7,10,12,18H,5,9,13H2,1-4H3. The van der Waals surface area contributed by atoms with Crippen molar-refractivity contribution < 1.29 is 13.5 Å². The van der Waals surface area contributed by atoms with Gasteiger partial charge in [-0.3, -0.25) is 0 Å². The van der Waals surface area contributed by atoms with Crippen LogP contribution >= 0.6 is 0 Å². The molecule has 0 unspecified atom stereocenters. The van der Waals surface area contributed by atoms with E-state index in [1.807, 2.05) is 20.8 Å². The van der Waals surface area contributed by atoms with E-state index < -0.39 is 15.6 Å². The molecule has 5 heteroatoms. The third-order valence-electron chi connectivity index (χ3n) is 3.70. The fourth-order valence-corrected chi connectivity index (χ4v) is 3.43. The second-order valence-electron chi connectivity index (χ2n) is 5.41. The van der Waals surface area contributed by atoms with Crippen molar-refractivity contribution in [2.24, 2.45) is 0 Å². The molecule has 0 aliphatic carbocycles. The van der Waals surface area contributed by atoms with Crippen molar-refractivity contribution in [2.45, 2.75) is 44.0 Å². The molecule has 4 nitrogen and oxygen atoms in total. The van der Waals surface area contributed by atoms with Gasteiger partial charge in [0.15, 0.2) is 0 Å². The third kappa shape index (κ3) is 4.07.